The molecule has 6 rings (SSSR count). The number of hydrogen-bond acceptors (Lipinski definition) is 7. The standard InChI is InChI=1S/C27H22ClFN4O5/c1-13(30-21-5-4-15(28)7-18(21)26(35)36)17-8-16(29)9-19-23(17)31-27(32(2)25(19)34)33-10-14-3-6-22-24(20(14)11-33)38-12-37-22/h3-9,13,30H,10-12H2,1-2H3,(H,35,36)/t13-/m1/s1. The highest BCUT2D eigenvalue weighted by atomic mass is 35.5. The summed E-state index contributed by atoms with van der Waals surface area (Å²) in [6.07, 6.45) is 0. The summed E-state index contributed by atoms with van der Waals surface area (Å²) in [5.41, 5.74) is 2.66. The van der Waals surface area contributed by atoms with Crippen LogP contribution >= 0.6 is 11.6 Å². The lowest BCUT2D eigenvalue weighted by Gasteiger charge is -2.23. The van der Waals surface area contributed by atoms with Gasteiger partial charge in [-0.3, -0.25) is 9.36 Å². The van der Waals surface area contributed by atoms with E-state index in [1.165, 1.54) is 22.8 Å². The minimum absolute atomic E-state index is 0.0248. The Morgan fingerprint density at radius 2 is 2.00 bits per heavy atom. The molecule has 0 amide bonds. The number of aromatic nitrogens is 2. The largest absolute Gasteiger partial charge is 0.478 e. The maximum atomic E-state index is 14.7. The van der Waals surface area contributed by atoms with Crippen LogP contribution in [0.15, 0.2) is 47.3 Å². The zero-order valence-corrected chi connectivity index (χ0v) is 21.2. The average Bonchev–Trinajstić information content (AvgIpc) is 3.53. The average molecular weight is 537 g/mol. The first-order chi connectivity index (χ1) is 18.2. The molecule has 0 aliphatic carbocycles. The fourth-order valence-corrected chi connectivity index (χ4v) is 5.26. The molecular formula is C27H22ClFN4O5. The molecule has 0 saturated carbocycles. The van der Waals surface area contributed by atoms with Crippen LogP contribution in [0.1, 0.15) is 40.0 Å². The van der Waals surface area contributed by atoms with E-state index in [0.717, 1.165) is 11.1 Å². The number of fused-ring (bicyclic) bond motifs is 4. The van der Waals surface area contributed by atoms with E-state index in [1.807, 2.05) is 17.0 Å². The SMILES string of the molecule is C[C@@H](Nc1ccc(Cl)cc1C(=O)O)c1cc(F)cc2c(=O)n(C)c(N3Cc4ccc5c(c4C3)OCO5)nc12. The Bertz CT molecular complexity index is 1710. The van der Waals surface area contributed by atoms with Gasteiger partial charge in [-0.25, -0.2) is 14.2 Å². The molecule has 1 aromatic heterocycles. The van der Waals surface area contributed by atoms with E-state index in [2.05, 4.69) is 5.32 Å². The van der Waals surface area contributed by atoms with Gasteiger partial charge in [-0.1, -0.05) is 17.7 Å². The van der Waals surface area contributed by atoms with Crippen LogP contribution in [-0.2, 0) is 20.1 Å². The van der Waals surface area contributed by atoms with Crippen LogP contribution in [0.25, 0.3) is 10.9 Å². The Kier molecular flexibility index (Phi) is 5.64. The first-order valence-corrected chi connectivity index (χ1v) is 12.2. The predicted molar refractivity (Wildman–Crippen MR) is 140 cm³/mol. The first-order valence-electron chi connectivity index (χ1n) is 11.9. The molecule has 11 heteroatoms. The minimum Gasteiger partial charge on any atom is -0.478 e. The lowest BCUT2D eigenvalue weighted by atomic mass is 10.0. The maximum Gasteiger partial charge on any atom is 0.337 e. The zero-order valence-electron chi connectivity index (χ0n) is 20.4. The van der Waals surface area contributed by atoms with Gasteiger partial charge in [-0.05, 0) is 48.9 Å². The number of anilines is 2. The summed E-state index contributed by atoms with van der Waals surface area (Å²) < 4.78 is 27.3. The number of hydrogen-bond donors (Lipinski definition) is 2. The van der Waals surface area contributed by atoms with Crippen molar-refractivity contribution in [2.45, 2.75) is 26.1 Å². The number of rotatable bonds is 5. The summed E-state index contributed by atoms with van der Waals surface area (Å²) in [5.74, 6) is 0.0583. The van der Waals surface area contributed by atoms with Crippen molar-refractivity contribution >= 4 is 40.1 Å². The van der Waals surface area contributed by atoms with Crippen LogP contribution in [-0.4, -0.2) is 27.4 Å². The molecule has 0 bridgehead atoms. The second-order valence-corrected chi connectivity index (χ2v) is 9.76. The summed E-state index contributed by atoms with van der Waals surface area (Å²) in [4.78, 5) is 32.0. The van der Waals surface area contributed by atoms with Crippen LogP contribution in [0.3, 0.4) is 0 Å². The van der Waals surface area contributed by atoms with Crippen LogP contribution < -0.4 is 25.2 Å². The van der Waals surface area contributed by atoms with Gasteiger partial charge < -0.3 is 24.8 Å². The monoisotopic (exact) mass is 536 g/mol. The van der Waals surface area contributed by atoms with E-state index >= 15 is 0 Å². The molecule has 1 atom stereocenters. The lowest BCUT2D eigenvalue weighted by Crippen LogP contribution is -2.28. The van der Waals surface area contributed by atoms with Crippen molar-refractivity contribution in [3.63, 3.8) is 0 Å². The third-order valence-corrected chi connectivity index (χ3v) is 7.17. The molecular weight excluding hydrogens is 515 g/mol. The minimum atomic E-state index is -1.16. The van der Waals surface area contributed by atoms with Crippen molar-refractivity contribution in [3.8, 4) is 11.5 Å². The number of nitrogens with one attached hydrogen (secondary N) is 1. The molecule has 38 heavy (non-hydrogen) atoms. The number of nitrogens with zero attached hydrogens (tertiary/aromatic N) is 3. The molecule has 3 heterocycles. The fourth-order valence-electron chi connectivity index (χ4n) is 5.08. The topological polar surface area (TPSA) is 106 Å². The Morgan fingerprint density at radius 1 is 1.18 bits per heavy atom. The van der Waals surface area contributed by atoms with E-state index in [1.54, 1.807) is 26.1 Å². The Labute approximate surface area is 221 Å². The molecule has 0 fully saturated rings. The van der Waals surface area contributed by atoms with Gasteiger partial charge in [-0.2, -0.15) is 0 Å². The number of carboxylic acids is 1. The summed E-state index contributed by atoms with van der Waals surface area (Å²) in [7, 11) is 1.61. The number of carboxylic acid groups (broad SMARTS) is 1. The van der Waals surface area contributed by atoms with Gasteiger partial charge in [0.25, 0.3) is 5.56 Å². The zero-order chi connectivity index (χ0) is 26.7. The third-order valence-electron chi connectivity index (χ3n) is 6.93. The van der Waals surface area contributed by atoms with Gasteiger partial charge in [0, 0.05) is 35.4 Å². The highest BCUT2D eigenvalue weighted by Crippen LogP contribution is 2.42. The van der Waals surface area contributed by atoms with Crippen molar-refractivity contribution in [1.82, 2.24) is 9.55 Å². The molecule has 0 spiro atoms. The molecule has 0 unspecified atom stereocenters. The molecule has 2 aliphatic rings. The third kappa shape index (κ3) is 3.88. The molecule has 9 nitrogen and oxygen atoms in total. The van der Waals surface area contributed by atoms with Crippen LogP contribution in [0, 0.1) is 5.82 Å². The molecule has 3 aromatic carbocycles. The molecule has 4 aromatic rings. The van der Waals surface area contributed by atoms with Crippen LogP contribution in [0.4, 0.5) is 16.0 Å². The number of carbonyl (C=O) groups is 1. The molecule has 0 radical (unpaired) electrons. The van der Waals surface area contributed by atoms with Crippen molar-refractivity contribution in [2.24, 2.45) is 7.05 Å². The van der Waals surface area contributed by atoms with Gasteiger partial charge in [0.1, 0.15) is 5.82 Å². The van der Waals surface area contributed by atoms with Crippen molar-refractivity contribution in [1.29, 1.82) is 0 Å². The first kappa shape index (κ1) is 24.1. The van der Waals surface area contributed by atoms with Gasteiger partial charge in [0.15, 0.2) is 11.5 Å². The van der Waals surface area contributed by atoms with Gasteiger partial charge in [-0.15, -0.1) is 0 Å². The Balaban J connectivity index is 1.43. The smallest absolute Gasteiger partial charge is 0.337 e. The van der Waals surface area contributed by atoms with Gasteiger partial charge in [0.05, 0.1) is 29.1 Å². The maximum absolute atomic E-state index is 14.7. The van der Waals surface area contributed by atoms with Gasteiger partial charge >= 0.3 is 5.97 Å². The molecule has 2 N–H and O–H groups in total. The normalized spacial score (nSPS) is 14.6. The summed E-state index contributed by atoms with van der Waals surface area (Å²) in [6, 6.07) is 10.2. The van der Waals surface area contributed by atoms with E-state index in [-0.39, 0.29) is 22.8 Å². The Hall–Kier alpha value is -4.31. The molecule has 0 saturated heterocycles. The van der Waals surface area contributed by atoms with E-state index in [4.69, 9.17) is 26.1 Å². The number of ether oxygens (including phenoxy) is 2. The van der Waals surface area contributed by atoms with Gasteiger partial charge in [0.2, 0.25) is 12.7 Å². The summed E-state index contributed by atoms with van der Waals surface area (Å²) >= 11 is 5.98. The van der Waals surface area contributed by atoms with Crippen molar-refractivity contribution in [2.75, 3.05) is 17.0 Å². The number of aromatic carboxylic acids is 1. The van der Waals surface area contributed by atoms with E-state index in [9.17, 15) is 19.1 Å². The number of benzene rings is 3. The van der Waals surface area contributed by atoms with Crippen molar-refractivity contribution in [3.05, 3.63) is 85.9 Å². The summed E-state index contributed by atoms with van der Waals surface area (Å²) in [5, 5.41) is 13.1. The lowest BCUT2D eigenvalue weighted by molar-refractivity contribution is 0.0698. The predicted octanol–water partition coefficient (Wildman–Crippen LogP) is 4.85. The molecule has 2 aliphatic heterocycles. The second kappa shape index (κ2) is 8.91. The van der Waals surface area contributed by atoms with Crippen molar-refractivity contribution < 1.29 is 23.8 Å². The highest BCUT2D eigenvalue weighted by molar-refractivity contribution is 6.31. The van der Waals surface area contributed by atoms with E-state index in [0.29, 0.717) is 47.3 Å². The second-order valence-electron chi connectivity index (χ2n) is 9.32. The fraction of sp³-hybridized carbons (Fsp3) is 0.222. The van der Waals surface area contributed by atoms with E-state index < -0.39 is 23.4 Å². The quantitative estimate of drug-likeness (QED) is 0.373. The summed E-state index contributed by atoms with van der Waals surface area (Å²) in [6.45, 7) is 2.88. The molecule has 194 valence electrons. The van der Waals surface area contributed by atoms with Crippen LogP contribution in [0.5, 0.6) is 11.5 Å². The number of halogens is 2. The Morgan fingerprint density at radius 3 is 2.79 bits per heavy atom. The highest BCUT2D eigenvalue weighted by Gasteiger charge is 2.30. The van der Waals surface area contributed by atoms with Crippen LogP contribution in [0.2, 0.25) is 5.02 Å².